The second kappa shape index (κ2) is 11.0. The van der Waals surface area contributed by atoms with E-state index < -0.39 is 0 Å². The number of carbonyl (C=O) groups excluding carboxylic acids is 1. The summed E-state index contributed by atoms with van der Waals surface area (Å²) in [5.74, 6) is 4.02. The minimum Gasteiger partial charge on any atom is -0.482 e. The summed E-state index contributed by atoms with van der Waals surface area (Å²) in [5.41, 5.74) is 2.98. The van der Waals surface area contributed by atoms with E-state index in [9.17, 15) is 4.79 Å². The molecule has 0 aromatic heterocycles. The van der Waals surface area contributed by atoms with Gasteiger partial charge in [-0.05, 0) is 129 Å². The summed E-state index contributed by atoms with van der Waals surface area (Å²) < 4.78 is 17.9. The van der Waals surface area contributed by atoms with Crippen LogP contribution in [0.4, 0.5) is 17.1 Å². The largest absolute Gasteiger partial charge is 0.482 e. The second-order valence-electron chi connectivity index (χ2n) is 11.9. The van der Waals surface area contributed by atoms with Crippen LogP contribution in [0.5, 0.6) is 17.2 Å². The number of rotatable bonds is 9. The normalized spacial score (nSPS) is 24.0. The zero-order valence-electron chi connectivity index (χ0n) is 23.2. The van der Waals surface area contributed by atoms with Crippen molar-refractivity contribution in [3.8, 4) is 17.2 Å². The molecule has 0 atom stereocenters. The lowest BCUT2D eigenvalue weighted by Crippen LogP contribution is -2.53. The Balaban J connectivity index is 0.957. The van der Waals surface area contributed by atoms with E-state index in [0.717, 1.165) is 59.8 Å². The quantitative estimate of drug-likeness (QED) is 0.197. The topological polar surface area (TPSA) is 48.0 Å². The first-order chi connectivity index (χ1) is 20.1. The molecule has 0 saturated heterocycles. The highest BCUT2D eigenvalue weighted by atomic mass is 16.6. The van der Waals surface area contributed by atoms with Gasteiger partial charge in [0.05, 0.1) is 0 Å². The first-order valence-electron chi connectivity index (χ1n) is 14.7. The van der Waals surface area contributed by atoms with Crippen molar-refractivity contribution in [1.82, 2.24) is 0 Å². The minimum absolute atomic E-state index is 0.0667. The number of esters is 1. The maximum Gasteiger partial charge on any atom is 0.344 e. The van der Waals surface area contributed by atoms with Gasteiger partial charge in [0.2, 0.25) is 0 Å². The zero-order chi connectivity index (χ0) is 27.6. The SMILES string of the molecule is O=C(COc1ccc(Oc2ccc(N(c3ccccc3)c3ccccc3)cc2)cc1)OC12CC3CC(CC(C3)C1)C2. The average molecular weight is 546 g/mol. The predicted molar refractivity (Wildman–Crippen MR) is 160 cm³/mol. The Morgan fingerprint density at radius 3 is 1.56 bits per heavy atom. The molecule has 5 nitrogen and oxygen atoms in total. The van der Waals surface area contributed by atoms with Crippen LogP contribution in [0.15, 0.2) is 109 Å². The minimum atomic E-state index is -0.257. The first-order valence-corrected chi connectivity index (χ1v) is 14.7. The van der Waals surface area contributed by atoms with Crippen molar-refractivity contribution in [3.63, 3.8) is 0 Å². The molecular formula is C36H35NO4. The van der Waals surface area contributed by atoms with E-state index in [4.69, 9.17) is 14.2 Å². The van der Waals surface area contributed by atoms with E-state index in [1.165, 1.54) is 19.3 Å². The van der Waals surface area contributed by atoms with Crippen LogP contribution >= 0.6 is 0 Å². The number of carbonyl (C=O) groups is 1. The molecule has 0 N–H and O–H groups in total. The van der Waals surface area contributed by atoms with Gasteiger partial charge in [0.1, 0.15) is 22.8 Å². The zero-order valence-corrected chi connectivity index (χ0v) is 23.2. The average Bonchev–Trinajstić information content (AvgIpc) is 2.98. The fourth-order valence-corrected chi connectivity index (χ4v) is 7.57. The molecule has 0 aliphatic heterocycles. The third-order valence-corrected chi connectivity index (χ3v) is 8.85. The molecule has 8 rings (SSSR count). The van der Waals surface area contributed by atoms with Gasteiger partial charge in [-0.3, -0.25) is 0 Å². The molecule has 0 amide bonds. The molecule has 0 unspecified atom stereocenters. The Morgan fingerprint density at radius 1 is 0.610 bits per heavy atom. The molecule has 4 fully saturated rings. The molecule has 4 aliphatic carbocycles. The summed E-state index contributed by atoms with van der Waals surface area (Å²) >= 11 is 0. The molecule has 5 heteroatoms. The third-order valence-electron chi connectivity index (χ3n) is 8.85. The summed E-state index contributed by atoms with van der Waals surface area (Å²) in [6, 6.07) is 36.0. The van der Waals surface area contributed by atoms with Crippen LogP contribution in [0.1, 0.15) is 38.5 Å². The van der Waals surface area contributed by atoms with Gasteiger partial charge in [0.25, 0.3) is 0 Å². The molecule has 0 radical (unpaired) electrons. The molecule has 4 bridgehead atoms. The number of hydrogen-bond acceptors (Lipinski definition) is 5. The predicted octanol–water partition coefficient (Wildman–Crippen LogP) is 8.84. The Bertz CT molecular complexity index is 1390. The number of para-hydroxylation sites is 2. The van der Waals surface area contributed by atoms with Crippen molar-refractivity contribution in [2.24, 2.45) is 17.8 Å². The van der Waals surface area contributed by atoms with Crippen LogP contribution in [0.3, 0.4) is 0 Å². The fraction of sp³-hybridized carbons (Fsp3) is 0.306. The van der Waals surface area contributed by atoms with Crippen molar-refractivity contribution in [3.05, 3.63) is 109 Å². The fourth-order valence-electron chi connectivity index (χ4n) is 7.57. The number of nitrogens with zero attached hydrogens (tertiary/aromatic N) is 1. The highest BCUT2D eigenvalue weighted by Crippen LogP contribution is 2.57. The van der Waals surface area contributed by atoms with Crippen LogP contribution in [0.25, 0.3) is 0 Å². The summed E-state index contributed by atoms with van der Waals surface area (Å²) in [4.78, 5) is 14.9. The van der Waals surface area contributed by atoms with E-state index in [1.807, 2.05) is 72.8 Å². The maximum absolute atomic E-state index is 12.7. The van der Waals surface area contributed by atoms with Crippen LogP contribution < -0.4 is 14.4 Å². The van der Waals surface area contributed by atoms with Gasteiger partial charge in [0, 0.05) is 17.1 Å². The molecule has 4 aliphatic rings. The van der Waals surface area contributed by atoms with Crippen molar-refractivity contribution in [2.45, 2.75) is 44.1 Å². The molecular weight excluding hydrogens is 510 g/mol. The number of anilines is 3. The monoisotopic (exact) mass is 545 g/mol. The number of ether oxygens (including phenoxy) is 3. The van der Waals surface area contributed by atoms with Gasteiger partial charge in [-0.15, -0.1) is 0 Å². The Hall–Kier alpha value is -4.25. The van der Waals surface area contributed by atoms with Crippen molar-refractivity contribution in [2.75, 3.05) is 11.5 Å². The second-order valence-corrected chi connectivity index (χ2v) is 11.9. The van der Waals surface area contributed by atoms with E-state index in [-0.39, 0.29) is 18.2 Å². The van der Waals surface area contributed by atoms with E-state index >= 15 is 0 Å². The van der Waals surface area contributed by atoms with Gasteiger partial charge in [-0.1, -0.05) is 36.4 Å². The van der Waals surface area contributed by atoms with Gasteiger partial charge < -0.3 is 19.1 Å². The molecule has 41 heavy (non-hydrogen) atoms. The lowest BCUT2D eigenvalue weighted by molar-refractivity contribution is -0.188. The summed E-state index contributed by atoms with van der Waals surface area (Å²) in [6.45, 7) is -0.0667. The summed E-state index contributed by atoms with van der Waals surface area (Å²) in [5, 5.41) is 0. The smallest absolute Gasteiger partial charge is 0.344 e. The Morgan fingerprint density at radius 2 is 1.05 bits per heavy atom. The number of benzene rings is 4. The molecule has 4 aromatic rings. The highest BCUT2D eigenvalue weighted by Gasteiger charge is 2.53. The van der Waals surface area contributed by atoms with E-state index in [2.05, 4.69) is 41.3 Å². The lowest BCUT2D eigenvalue weighted by Gasteiger charge is -2.55. The number of hydrogen-bond donors (Lipinski definition) is 0. The highest BCUT2D eigenvalue weighted by molar-refractivity contribution is 5.76. The van der Waals surface area contributed by atoms with Crippen molar-refractivity contribution < 1.29 is 19.0 Å². The van der Waals surface area contributed by atoms with Gasteiger partial charge in [-0.2, -0.15) is 0 Å². The van der Waals surface area contributed by atoms with Crippen LogP contribution in [0, 0.1) is 17.8 Å². The molecule has 4 saturated carbocycles. The molecule has 208 valence electrons. The van der Waals surface area contributed by atoms with Gasteiger partial charge in [-0.25, -0.2) is 4.79 Å². The molecule has 4 aromatic carbocycles. The van der Waals surface area contributed by atoms with E-state index in [0.29, 0.717) is 11.5 Å². The standard InChI is InChI=1S/C36H35NO4/c38-35(41-36-22-26-19-27(23-36)21-28(20-26)24-36)25-39-32-15-17-34(18-16-32)40-33-13-11-31(12-14-33)37(29-7-3-1-4-8-29)30-9-5-2-6-10-30/h1-18,26-28H,19-25H2. The van der Waals surface area contributed by atoms with Crippen molar-refractivity contribution in [1.29, 1.82) is 0 Å². The Labute approximate surface area is 241 Å². The van der Waals surface area contributed by atoms with E-state index in [1.54, 1.807) is 0 Å². The first kappa shape index (κ1) is 25.7. The van der Waals surface area contributed by atoms with Gasteiger partial charge >= 0.3 is 5.97 Å². The lowest BCUT2D eigenvalue weighted by atomic mass is 9.54. The van der Waals surface area contributed by atoms with Crippen LogP contribution in [-0.4, -0.2) is 18.2 Å². The van der Waals surface area contributed by atoms with Crippen LogP contribution in [-0.2, 0) is 9.53 Å². The Kier molecular flexibility index (Phi) is 6.87. The van der Waals surface area contributed by atoms with Crippen LogP contribution in [0.2, 0.25) is 0 Å². The summed E-state index contributed by atoms with van der Waals surface area (Å²) in [7, 11) is 0. The van der Waals surface area contributed by atoms with Gasteiger partial charge in [0.15, 0.2) is 6.61 Å². The maximum atomic E-state index is 12.7. The molecule has 0 spiro atoms. The molecule has 0 heterocycles. The van der Waals surface area contributed by atoms with Crippen molar-refractivity contribution >= 4 is 23.0 Å². The summed E-state index contributed by atoms with van der Waals surface area (Å²) in [6.07, 6.45) is 7.08. The third kappa shape index (κ3) is 5.67.